The van der Waals surface area contributed by atoms with Crippen molar-refractivity contribution in [3.63, 3.8) is 0 Å². The van der Waals surface area contributed by atoms with Crippen molar-refractivity contribution in [2.45, 2.75) is 0 Å². The molecule has 1 rings (SSSR count). The van der Waals surface area contributed by atoms with Gasteiger partial charge in [-0.3, -0.25) is 9.59 Å². The van der Waals surface area contributed by atoms with Gasteiger partial charge in [0, 0.05) is 10.6 Å². The average Bonchev–Trinajstić information content (AvgIpc) is 2.18. The SMILES string of the molecule is NC(=O)CSCC(=O)c1ccc(Cl)cc1. The summed E-state index contributed by atoms with van der Waals surface area (Å²) >= 11 is 6.90. The zero-order chi connectivity index (χ0) is 11.3. The van der Waals surface area contributed by atoms with Crippen LogP contribution in [0.1, 0.15) is 10.4 Å². The molecule has 2 N–H and O–H groups in total. The molecule has 0 aliphatic carbocycles. The van der Waals surface area contributed by atoms with Gasteiger partial charge in [0.2, 0.25) is 5.91 Å². The van der Waals surface area contributed by atoms with Crippen molar-refractivity contribution in [3.8, 4) is 0 Å². The second-order valence-electron chi connectivity index (χ2n) is 2.89. The maximum Gasteiger partial charge on any atom is 0.227 e. The summed E-state index contributed by atoms with van der Waals surface area (Å²) in [7, 11) is 0. The lowest BCUT2D eigenvalue weighted by atomic mass is 10.1. The summed E-state index contributed by atoms with van der Waals surface area (Å²) < 4.78 is 0. The number of Topliss-reactive ketones (excluding diaryl/α,β-unsaturated/α-hetero) is 1. The molecule has 3 nitrogen and oxygen atoms in total. The Morgan fingerprint density at radius 1 is 1.20 bits per heavy atom. The maximum absolute atomic E-state index is 11.5. The Morgan fingerprint density at radius 2 is 1.80 bits per heavy atom. The normalized spacial score (nSPS) is 9.93. The number of thioether (sulfide) groups is 1. The van der Waals surface area contributed by atoms with Gasteiger partial charge in [0.1, 0.15) is 0 Å². The Kier molecular flexibility index (Phi) is 4.65. The fourth-order valence-corrected chi connectivity index (χ4v) is 1.74. The lowest BCUT2D eigenvalue weighted by molar-refractivity contribution is -0.115. The molecule has 0 aliphatic heterocycles. The summed E-state index contributed by atoms with van der Waals surface area (Å²) in [5, 5.41) is 0.594. The van der Waals surface area contributed by atoms with Gasteiger partial charge in [-0.25, -0.2) is 0 Å². The van der Waals surface area contributed by atoms with Gasteiger partial charge >= 0.3 is 0 Å². The lowest BCUT2D eigenvalue weighted by Crippen LogP contribution is -2.14. The highest BCUT2D eigenvalue weighted by molar-refractivity contribution is 8.00. The van der Waals surface area contributed by atoms with E-state index < -0.39 is 5.91 Å². The maximum atomic E-state index is 11.5. The predicted octanol–water partition coefficient (Wildman–Crippen LogP) is 1.74. The van der Waals surface area contributed by atoms with E-state index in [4.69, 9.17) is 17.3 Å². The number of rotatable bonds is 5. The first-order chi connectivity index (χ1) is 7.09. The molecule has 0 spiro atoms. The summed E-state index contributed by atoms with van der Waals surface area (Å²) in [6, 6.07) is 6.64. The molecule has 0 aliphatic rings. The Balaban J connectivity index is 2.47. The molecule has 0 unspecified atom stereocenters. The van der Waals surface area contributed by atoms with Crippen LogP contribution in [0.25, 0.3) is 0 Å². The molecule has 80 valence electrons. The van der Waals surface area contributed by atoms with Crippen LogP contribution in [0.4, 0.5) is 0 Å². The summed E-state index contributed by atoms with van der Waals surface area (Å²) in [6.45, 7) is 0. The minimum atomic E-state index is -0.413. The molecule has 1 aromatic carbocycles. The Morgan fingerprint density at radius 3 is 2.33 bits per heavy atom. The van der Waals surface area contributed by atoms with Crippen LogP contribution in [0.15, 0.2) is 24.3 Å². The molecule has 0 atom stereocenters. The highest BCUT2D eigenvalue weighted by atomic mass is 35.5. The first-order valence-corrected chi connectivity index (χ1v) is 5.77. The quantitative estimate of drug-likeness (QED) is 0.802. The molecule has 0 saturated heterocycles. The van der Waals surface area contributed by atoms with Crippen molar-refractivity contribution in [3.05, 3.63) is 34.9 Å². The molecule has 0 aromatic heterocycles. The lowest BCUT2D eigenvalue weighted by Gasteiger charge is -1.99. The molecular formula is C10H10ClNO2S. The van der Waals surface area contributed by atoms with Crippen LogP contribution < -0.4 is 5.73 Å². The highest BCUT2D eigenvalue weighted by Crippen LogP contribution is 2.12. The number of carbonyl (C=O) groups excluding carboxylic acids is 2. The molecule has 0 radical (unpaired) electrons. The first-order valence-electron chi connectivity index (χ1n) is 4.24. The molecule has 0 fully saturated rings. The van der Waals surface area contributed by atoms with E-state index in [1.54, 1.807) is 24.3 Å². The zero-order valence-corrected chi connectivity index (χ0v) is 9.48. The van der Waals surface area contributed by atoms with Gasteiger partial charge in [-0.05, 0) is 24.3 Å². The smallest absolute Gasteiger partial charge is 0.227 e. The van der Waals surface area contributed by atoms with E-state index in [9.17, 15) is 9.59 Å². The third-order valence-electron chi connectivity index (χ3n) is 1.64. The fraction of sp³-hybridized carbons (Fsp3) is 0.200. The summed E-state index contributed by atoms with van der Waals surface area (Å²) in [5.74, 6) is -0.0222. The van der Waals surface area contributed by atoms with E-state index in [-0.39, 0.29) is 17.3 Å². The number of amides is 1. The van der Waals surface area contributed by atoms with Gasteiger partial charge in [-0.1, -0.05) is 11.6 Å². The molecule has 15 heavy (non-hydrogen) atoms. The van der Waals surface area contributed by atoms with Gasteiger partial charge in [-0.15, -0.1) is 11.8 Å². The van der Waals surface area contributed by atoms with E-state index in [1.165, 1.54) is 11.8 Å². The predicted molar refractivity (Wildman–Crippen MR) is 62.3 cm³/mol. The Bertz CT molecular complexity index is 364. The second kappa shape index (κ2) is 5.78. The summed E-state index contributed by atoms with van der Waals surface area (Å²) in [6.07, 6.45) is 0. The third kappa shape index (κ3) is 4.36. The van der Waals surface area contributed by atoms with Gasteiger partial charge in [-0.2, -0.15) is 0 Å². The summed E-state index contributed by atoms with van der Waals surface area (Å²) in [4.78, 5) is 22.0. The third-order valence-corrected chi connectivity index (χ3v) is 2.85. The Labute approximate surface area is 97.0 Å². The number of halogens is 1. The van der Waals surface area contributed by atoms with E-state index >= 15 is 0 Å². The van der Waals surface area contributed by atoms with E-state index in [2.05, 4.69) is 0 Å². The molecule has 5 heteroatoms. The average molecular weight is 244 g/mol. The molecule has 1 amide bonds. The van der Waals surface area contributed by atoms with Crippen LogP contribution in [-0.4, -0.2) is 23.2 Å². The fourth-order valence-electron chi connectivity index (χ4n) is 0.963. The topological polar surface area (TPSA) is 60.2 Å². The number of hydrogen-bond acceptors (Lipinski definition) is 3. The summed E-state index contributed by atoms with van der Waals surface area (Å²) in [5.41, 5.74) is 5.54. The van der Waals surface area contributed by atoms with Crippen molar-refractivity contribution < 1.29 is 9.59 Å². The van der Waals surface area contributed by atoms with Crippen molar-refractivity contribution in [1.29, 1.82) is 0 Å². The molecular weight excluding hydrogens is 234 g/mol. The van der Waals surface area contributed by atoms with Crippen LogP contribution in [0.5, 0.6) is 0 Å². The standard InChI is InChI=1S/C10H10ClNO2S/c11-8-3-1-7(2-4-8)9(13)5-15-6-10(12)14/h1-4H,5-6H2,(H2,12,14). The van der Waals surface area contributed by atoms with E-state index in [0.29, 0.717) is 10.6 Å². The van der Waals surface area contributed by atoms with E-state index in [1.807, 2.05) is 0 Å². The van der Waals surface area contributed by atoms with Gasteiger partial charge in [0.15, 0.2) is 5.78 Å². The monoisotopic (exact) mass is 243 g/mol. The van der Waals surface area contributed by atoms with Crippen LogP contribution >= 0.6 is 23.4 Å². The van der Waals surface area contributed by atoms with Crippen LogP contribution in [0, 0.1) is 0 Å². The zero-order valence-electron chi connectivity index (χ0n) is 7.90. The largest absolute Gasteiger partial charge is 0.369 e. The molecule has 0 heterocycles. The van der Waals surface area contributed by atoms with Crippen molar-refractivity contribution >= 4 is 35.1 Å². The van der Waals surface area contributed by atoms with Crippen LogP contribution in [-0.2, 0) is 4.79 Å². The van der Waals surface area contributed by atoms with Crippen LogP contribution in [0.2, 0.25) is 5.02 Å². The Hall–Kier alpha value is -1.00. The first kappa shape index (κ1) is 12.1. The number of primary amides is 1. The van der Waals surface area contributed by atoms with E-state index in [0.717, 1.165) is 0 Å². The molecule has 0 bridgehead atoms. The van der Waals surface area contributed by atoms with Crippen LogP contribution in [0.3, 0.4) is 0 Å². The second-order valence-corrected chi connectivity index (χ2v) is 4.31. The van der Waals surface area contributed by atoms with Gasteiger partial charge in [0.25, 0.3) is 0 Å². The van der Waals surface area contributed by atoms with Crippen molar-refractivity contribution in [1.82, 2.24) is 0 Å². The number of benzene rings is 1. The number of ketones is 1. The van der Waals surface area contributed by atoms with Gasteiger partial charge < -0.3 is 5.73 Å². The number of hydrogen-bond donors (Lipinski definition) is 1. The minimum absolute atomic E-state index is 0.0297. The molecule has 1 aromatic rings. The highest BCUT2D eigenvalue weighted by Gasteiger charge is 2.06. The number of carbonyl (C=O) groups is 2. The van der Waals surface area contributed by atoms with Gasteiger partial charge in [0.05, 0.1) is 11.5 Å². The minimum Gasteiger partial charge on any atom is -0.369 e. The van der Waals surface area contributed by atoms with Crippen molar-refractivity contribution in [2.24, 2.45) is 5.73 Å². The van der Waals surface area contributed by atoms with Crippen molar-refractivity contribution in [2.75, 3.05) is 11.5 Å². The number of nitrogens with two attached hydrogens (primary N) is 1. The molecule has 0 saturated carbocycles.